The lowest BCUT2D eigenvalue weighted by Gasteiger charge is -2.19. The fraction of sp³-hybridized carbons (Fsp3) is 0.600. The van der Waals surface area contributed by atoms with Crippen LogP contribution in [0, 0.1) is 11.8 Å². The molecule has 1 aliphatic rings. The van der Waals surface area contributed by atoms with Crippen molar-refractivity contribution in [3.8, 4) is 5.75 Å². The second kappa shape index (κ2) is 6.66. The standard InChI is InChI=1S/C15H24N2O3S/c1-11-6-7-15(12(11)2)17-21(18,19)9-8-20-14-5-3-4-13(16)10-14/h3-5,10-12,15,17H,6-9,16H2,1-2H3. The summed E-state index contributed by atoms with van der Waals surface area (Å²) in [6, 6.07) is 7.03. The molecule has 0 bridgehead atoms. The van der Waals surface area contributed by atoms with Crippen molar-refractivity contribution in [2.75, 3.05) is 18.1 Å². The largest absolute Gasteiger partial charge is 0.492 e. The minimum atomic E-state index is -3.31. The van der Waals surface area contributed by atoms with Crippen molar-refractivity contribution in [1.29, 1.82) is 0 Å². The van der Waals surface area contributed by atoms with Crippen molar-refractivity contribution >= 4 is 15.7 Å². The van der Waals surface area contributed by atoms with Crippen LogP contribution in [0.1, 0.15) is 26.7 Å². The Hall–Kier alpha value is -1.27. The molecule has 3 unspecified atom stereocenters. The molecule has 3 atom stereocenters. The Morgan fingerprint density at radius 1 is 1.33 bits per heavy atom. The first kappa shape index (κ1) is 16.1. The Morgan fingerprint density at radius 3 is 2.71 bits per heavy atom. The van der Waals surface area contributed by atoms with Gasteiger partial charge in [-0.2, -0.15) is 0 Å². The van der Waals surface area contributed by atoms with E-state index in [-0.39, 0.29) is 18.4 Å². The summed E-state index contributed by atoms with van der Waals surface area (Å²) in [5.74, 6) is 1.50. The van der Waals surface area contributed by atoms with Crippen LogP contribution in [0.4, 0.5) is 5.69 Å². The molecule has 1 aromatic rings. The van der Waals surface area contributed by atoms with E-state index in [1.807, 2.05) is 0 Å². The van der Waals surface area contributed by atoms with E-state index in [0.717, 1.165) is 12.8 Å². The maximum absolute atomic E-state index is 12.1. The van der Waals surface area contributed by atoms with Crippen molar-refractivity contribution in [1.82, 2.24) is 4.72 Å². The number of hydrogen-bond acceptors (Lipinski definition) is 4. The summed E-state index contributed by atoms with van der Waals surface area (Å²) in [5, 5.41) is 0. The molecule has 1 aliphatic carbocycles. The number of nitrogens with one attached hydrogen (secondary N) is 1. The van der Waals surface area contributed by atoms with Gasteiger partial charge in [0.25, 0.3) is 0 Å². The Morgan fingerprint density at radius 2 is 2.10 bits per heavy atom. The molecule has 3 N–H and O–H groups in total. The van der Waals surface area contributed by atoms with Crippen LogP contribution in [-0.2, 0) is 10.0 Å². The summed E-state index contributed by atoms with van der Waals surface area (Å²) in [4.78, 5) is 0. The second-order valence-electron chi connectivity index (χ2n) is 5.88. The number of hydrogen-bond donors (Lipinski definition) is 2. The highest BCUT2D eigenvalue weighted by Gasteiger charge is 2.32. The van der Waals surface area contributed by atoms with Crippen molar-refractivity contribution in [3.05, 3.63) is 24.3 Å². The number of benzene rings is 1. The van der Waals surface area contributed by atoms with Crippen molar-refractivity contribution in [2.45, 2.75) is 32.7 Å². The molecule has 0 aliphatic heterocycles. The Labute approximate surface area is 126 Å². The third kappa shape index (κ3) is 4.61. The molecule has 0 saturated heterocycles. The van der Waals surface area contributed by atoms with Crippen LogP contribution in [0.2, 0.25) is 0 Å². The van der Waals surface area contributed by atoms with E-state index in [4.69, 9.17) is 10.5 Å². The molecule has 0 spiro atoms. The normalized spacial score (nSPS) is 25.9. The van der Waals surface area contributed by atoms with Gasteiger partial charge in [0.15, 0.2) is 0 Å². The minimum Gasteiger partial charge on any atom is -0.492 e. The number of anilines is 1. The zero-order valence-corrected chi connectivity index (χ0v) is 13.4. The first-order chi connectivity index (χ1) is 9.87. The van der Waals surface area contributed by atoms with Crippen LogP contribution in [0.25, 0.3) is 0 Å². The zero-order chi connectivity index (χ0) is 15.5. The average Bonchev–Trinajstić information content (AvgIpc) is 2.70. The fourth-order valence-corrected chi connectivity index (χ4v) is 3.91. The van der Waals surface area contributed by atoms with E-state index in [9.17, 15) is 8.42 Å². The summed E-state index contributed by atoms with van der Waals surface area (Å²) >= 11 is 0. The third-order valence-electron chi connectivity index (χ3n) is 4.28. The van der Waals surface area contributed by atoms with Crippen molar-refractivity contribution in [3.63, 3.8) is 0 Å². The maximum atomic E-state index is 12.1. The molecule has 1 aromatic carbocycles. The molecule has 0 amide bonds. The summed E-state index contributed by atoms with van der Waals surface area (Å²) in [7, 11) is -3.31. The van der Waals surface area contributed by atoms with Crippen LogP contribution in [0.5, 0.6) is 5.75 Å². The predicted molar refractivity (Wildman–Crippen MR) is 84.6 cm³/mol. The molecule has 6 heteroatoms. The fourth-order valence-electron chi connectivity index (χ4n) is 2.69. The van der Waals surface area contributed by atoms with E-state index in [2.05, 4.69) is 18.6 Å². The van der Waals surface area contributed by atoms with Crippen LogP contribution >= 0.6 is 0 Å². The SMILES string of the molecule is CC1CCC(NS(=O)(=O)CCOc2cccc(N)c2)C1C. The Balaban J connectivity index is 1.82. The number of rotatable bonds is 6. The third-order valence-corrected chi connectivity index (χ3v) is 5.64. The van der Waals surface area contributed by atoms with E-state index in [0.29, 0.717) is 23.3 Å². The highest BCUT2D eigenvalue weighted by Crippen LogP contribution is 2.31. The molecule has 118 valence electrons. The van der Waals surface area contributed by atoms with Gasteiger partial charge in [0.05, 0.1) is 5.75 Å². The number of sulfonamides is 1. The van der Waals surface area contributed by atoms with Gasteiger partial charge in [-0.3, -0.25) is 0 Å². The second-order valence-corrected chi connectivity index (χ2v) is 7.75. The van der Waals surface area contributed by atoms with Crippen LogP contribution in [0.15, 0.2) is 24.3 Å². The van der Waals surface area contributed by atoms with Gasteiger partial charge in [-0.05, 0) is 36.8 Å². The van der Waals surface area contributed by atoms with Gasteiger partial charge < -0.3 is 10.5 Å². The zero-order valence-electron chi connectivity index (χ0n) is 12.6. The molecule has 1 saturated carbocycles. The van der Waals surface area contributed by atoms with Gasteiger partial charge in [-0.25, -0.2) is 13.1 Å². The van der Waals surface area contributed by atoms with Gasteiger partial charge in [0, 0.05) is 17.8 Å². The molecule has 1 fully saturated rings. The average molecular weight is 312 g/mol. The van der Waals surface area contributed by atoms with Gasteiger partial charge in [-0.15, -0.1) is 0 Å². The molecular weight excluding hydrogens is 288 g/mol. The lowest BCUT2D eigenvalue weighted by Crippen LogP contribution is -2.39. The van der Waals surface area contributed by atoms with Gasteiger partial charge in [0.1, 0.15) is 12.4 Å². The molecule has 21 heavy (non-hydrogen) atoms. The lowest BCUT2D eigenvalue weighted by atomic mass is 9.98. The number of nitrogens with two attached hydrogens (primary N) is 1. The van der Waals surface area contributed by atoms with Crippen LogP contribution < -0.4 is 15.2 Å². The molecule has 5 nitrogen and oxygen atoms in total. The summed E-state index contributed by atoms with van der Waals surface area (Å²) < 4.78 is 32.4. The molecule has 0 heterocycles. The first-order valence-electron chi connectivity index (χ1n) is 7.36. The molecular formula is C15H24N2O3S. The van der Waals surface area contributed by atoms with Gasteiger partial charge in [-0.1, -0.05) is 19.9 Å². The number of nitrogen functional groups attached to an aromatic ring is 1. The summed E-state index contributed by atoms with van der Waals surface area (Å²) in [6.07, 6.45) is 1.99. The van der Waals surface area contributed by atoms with Crippen molar-refractivity contribution in [2.24, 2.45) is 11.8 Å². The maximum Gasteiger partial charge on any atom is 0.215 e. The highest BCUT2D eigenvalue weighted by atomic mass is 32.2. The Bertz CT molecular complexity index is 574. The predicted octanol–water partition coefficient (Wildman–Crippen LogP) is 2.00. The van der Waals surface area contributed by atoms with E-state index in [1.165, 1.54) is 0 Å². The molecule has 2 rings (SSSR count). The van der Waals surface area contributed by atoms with Crippen molar-refractivity contribution < 1.29 is 13.2 Å². The number of ether oxygens (including phenoxy) is 1. The lowest BCUT2D eigenvalue weighted by molar-refractivity contribution is 0.339. The topological polar surface area (TPSA) is 81.4 Å². The minimum absolute atomic E-state index is 0.0423. The highest BCUT2D eigenvalue weighted by molar-refractivity contribution is 7.89. The molecule has 0 radical (unpaired) electrons. The van der Waals surface area contributed by atoms with E-state index >= 15 is 0 Å². The van der Waals surface area contributed by atoms with E-state index in [1.54, 1.807) is 24.3 Å². The van der Waals surface area contributed by atoms with Crippen LogP contribution in [-0.4, -0.2) is 26.8 Å². The summed E-state index contributed by atoms with van der Waals surface area (Å²) in [6.45, 7) is 4.39. The quantitative estimate of drug-likeness (QED) is 0.787. The van der Waals surface area contributed by atoms with E-state index < -0.39 is 10.0 Å². The first-order valence-corrected chi connectivity index (χ1v) is 9.01. The van der Waals surface area contributed by atoms with Gasteiger partial charge >= 0.3 is 0 Å². The monoisotopic (exact) mass is 312 g/mol. The summed E-state index contributed by atoms with van der Waals surface area (Å²) in [5.41, 5.74) is 6.24. The van der Waals surface area contributed by atoms with Crippen LogP contribution in [0.3, 0.4) is 0 Å². The Kier molecular flexibility index (Phi) is 5.11. The molecule has 0 aromatic heterocycles. The van der Waals surface area contributed by atoms with Gasteiger partial charge in [0.2, 0.25) is 10.0 Å². The smallest absolute Gasteiger partial charge is 0.215 e.